The molecule has 3 aromatic heterocycles. The van der Waals surface area contributed by atoms with Crippen LogP contribution in [-0.2, 0) is 6.54 Å². The third-order valence-electron chi connectivity index (χ3n) is 3.48. The van der Waals surface area contributed by atoms with Crippen LogP contribution >= 0.6 is 11.6 Å². The minimum atomic E-state index is -0.211. The van der Waals surface area contributed by atoms with E-state index >= 15 is 0 Å². The van der Waals surface area contributed by atoms with E-state index in [2.05, 4.69) is 20.1 Å². The van der Waals surface area contributed by atoms with E-state index < -0.39 is 0 Å². The summed E-state index contributed by atoms with van der Waals surface area (Å²) in [6.45, 7) is 0.143. The van der Waals surface area contributed by atoms with Crippen molar-refractivity contribution < 1.29 is 4.52 Å². The monoisotopic (exact) mass is 339 g/mol. The van der Waals surface area contributed by atoms with Crippen molar-refractivity contribution in [3.63, 3.8) is 0 Å². The second-order valence-corrected chi connectivity index (χ2v) is 5.45. The molecule has 24 heavy (non-hydrogen) atoms. The number of hydrogen-bond donors (Lipinski definition) is 0. The van der Waals surface area contributed by atoms with E-state index in [9.17, 15) is 4.79 Å². The van der Waals surface area contributed by atoms with Gasteiger partial charge in [0.05, 0.1) is 22.5 Å². The summed E-state index contributed by atoms with van der Waals surface area (Å²) in [6, 6.07) is 10.5. The molecule has 0 bridgehead atoms. The molecular weight excluding hydrogens is 330 g/mol. The van der Waals surface area contributed by atoms with Crippen molar-refractivity contribution in [1.29, 1.82) is 0 Å². The molecule has 0 fully saturated rings. The van der Waals surface area contributed by atoms with Gasteiger partial charge in [0.1, 0.15) is 6.33 Å². The molecule has 1 aromatic carbocycles. The molecule has 4 rings (SSSR count). The SMILES string of the molecule is O=c1c2cccnc2ncn1Cc1noc(-c2ccccc2Cl)n1. The maximum Gasteiger partial charge on any atom is 0.263 e. The average molecular weight is 340 g/mol. The van der Waals surface area contributed by atoms with Crippen molar-refractivity contribution >= 4 is 22.6 Å². The lowest BCUT2D eigenvalue weighted by molar-refractivity contribution is 0.420. The standard InChI is InChI=1S/C16H10ClN5O2/c17-12-6-2-1-4-10(12)15-20-13(21-24-15)8-22-9-19-14-11(16(22)23)5-3-7-18-14/h1-7,9H,8H2. The van der Waals surface area contributed by atoms with E-state index in [0.29, 0.717) is 33.3 Å². The molecule has 0 saturated carbocycles. The number of halogens is 1. The number of pyridine rings is 1. The summed E-state index contributed by atoms with van der Waals surface area (Å²) >= 11 is 6.12. The van der Waals surface area contributed by atoms with Crippen molar-refractivity contribution in [2.45, 2.75) is 6.54 Å². The Morgan fingerprint density at radius 3 is 2.88 bits per heavy atom. The van der Waals surface area contributed by atoms with Crippen LogP contribution in [0, 0.1) is 0 Å². The van der Waals surface area contributed by atoms with E-state index in [0.717, 1.165) is 0 Å². The van der Waals surface area contributed by atoms with Gasteiger partial charge in [0.15, 0.2) is 11.5 Å². The summed E-state index contributed by atoms with van der Waals surface area (Å²) in [4.78, 5) is 24.9. The Hall–Kier alpha value is -3.06. The van der Waals surface area contributed by atoms with Gasteiger partial charge >= 0.3 is 0 Å². The number of rotatable bonds is 3. The Bertz CT molecular complexity index is 1090. The highest BCUT2D eigenvalue weighted by atomic mass is 35.5. The topological polar surface area (TPSA) is 86.7 Å². The van der Waals surface area contributed by atoms with Gasteiger partial charge < -0.3 is 4.52 Å². The van der Waals surface area contributed by atoms with Crippen LogP contribution in [0.2, 0.25) is 5.02 Å². The Balaban J connectivity index is 1.69. The van der Waals surface area contributed by atoms with E-state index in [4.69, 9.17) is 16.1 Å². The second-order valence-electron chi connectivity index (χ2n) is 5.05. The third kappa shape index (κ3) is 2.55. The summed E-state index contributed by atoms with van der Waals surface area (Å²) in [5, 5.41) is 4.86. The first-order valence-corrected chi connectivity index (χ1v) is 7.48. The first kappa shape index (κ1) is 14.5. The molecule has 0 unspecified atom stereocenters. The number of benzene rings is 1. The molecule has 4 aromatic rings. The van der Waals surface area contributed by atoms with Crippen LogP contribution in [0.25, 0.3) is 22.5 Å². The van der Waals surface area contributed by atoms with Crippen molar-refractivity contribution in [1.82, 2.24) is 24.7 Å². The number of fused-ring (bicyclic) bond motifs is 1. The first-order valence-electron chi connectivity index (χ1n) is 7.10. The van der Waals surface area contributed by atoms with Gasteiger partial charge in [-0.05, 0) is 24.3 Å². The van der Waals surface area contributed by atoms with Crippen LogP contribution in [0.4, 0.5) is 0 Å². The molecule has 8 heteroatoms. The van der Waals surface area contributed by atoms with E-state index in [1.54, 1.807) is 30.5 Å². The van der Waals surface area contributed by atoms with Crippen LogP contribution in [0.3, 0.4) is 0 Å². The number of nitrogens with zero attached hydrogens (tertiary/aromatic N) is 5. The molecule has 0 aliphatic heterocycles. The average Bonchev–Trinajstić information content (AvgIpc) is 3.06. The molecule has 0 amide bonds. The maximum atomic E-state index is 12.4. The summed E-state index contributed by atoms with van der Waals surface area (Å²) in [6.07, 6.45) is 3.01. The lowest BCUT2D eigenvalue weighted by Gasteiger charge is -2.02. The molecule has 118 valence electrons. The Labute approximate surface area is 140 Å². The number of hydrogen-bond acceptors (Lipinski definition) is 6. The zero-order valence-corrected chi connectivity index (χ0v) is 13.0. The molecule has 0 saturated heterocycles. The van der Waals surface area contributed by atoms with Gasteiger partial charge in [-0.15, -0.1) is 0 Å². The van der Waals surface area contributed by atoms with Gasteiger partial charge in [-0.2, -0.15) is 4.98 Å². The molecule has 0 atom stereocenters. The zero-order valence-electron chi connectivity index (χ0n) is 12.3. The van der Waals surface area contributed by atoms with Crippen molar-refractivity contribution in [2.75, 3.05) is 0 Å². The largest absolute Gasteiger partial charge is 0.334 e. The summed E-state index contributed by atoms with van der Waals surface area (Å²) in [5.41, 5.74) is 0.840. The fourth-order valence-corrected chi connectivity index (χ4v) is 2.54. The Morgan fingerprint density at radius 2 is 2.00 bits per heavy atom. The van der Waals surface area contributed by atoms with Gasteiger partial charge in [-0.3, -0.25) is 9.36 Å². The summed E-state index contributed by atoms with van der Waals surface area (Å²) in [5.74, 6) is 0.663. The Kier molecular flexibility index (Phi) is 3.55. The lowest BCUT2D eigenvalue weighted by atomic mass is 10.2. The van der Waals surface area contributed by atoms with E-state index in [1.807, 2.05) is 12.1 Å². The maximum absolute atomic E-state index is 12.4. The van der Waals surface area contributed by atoms with Crippen LogP contribution in [-0.4, -0.2) is 24.7 Å². The smallest absolute Gasteiger partial charge is 0.263 e. The molecule has 0 radical (unpaired) electrons. The Morgan fingerprint density at radius 1 is 1.12 bits per heavy atom. The molecule has 0 aliphatic carbocycles. The molecule has 0 aliphatic rings. The van der Waals surface area contributed by atoms with Crippen LogP contribution in [0.5, 0.6) is 0 Å². The van der Waals surface area contributed by atoms with Crippen LogP contribution < -0.4 is 5.56 Å². The van der Waals surface area contributed by atoms with E-state index in [1.165, 1.54) is 10.9 Å². The highest BCUT2D eigenvalue weighted by molar-refractivity contribution is 6.33. The van der Waals surface area contributed by atoms with Crippen molar-refractivity contribution in [3.8, 4) is 11.5 Å². The fourth-order valence-electron chi connectivity index (χ4n) is 2.33. The minimum Gasteiger partial charge on any atom is -0.334 e. The zero-order chi connectivity index (χ0) is 16.5. The normalized spacial score (nSPS) is 11.0. The quantitative estimate of drug-likeness (QED) is 0.570. The van der Waals surface area contributed by atoms with Gasteiger partial charge in [-0.25, -0.2) is 9.97 Å². The molecular formula is C16H10ClN5O2. The second kappa shape index (κ2) is 5.86. The first-order chi connectivity index (χ1) is 11.7. The van der Waals surface area contributed by atoms with Crippen LogP contribution in [0.1, 0.15) is 5.82 Å². The molecule has 0 spiro atoms. The van der Waals surface area contributed by atoms with Gasteiger partial charge in [0.25, 0.3) is 11.4 Å². The molecule has 0 N–H and O–H groups in total. The van der Waals surface area contributed by atoms with Crippen molar-refractivity contribution in [2.24, 2.45) is 0 Å². The highest BCUT2D eigenvalue weighted by Crippen LogP contribution is 2.25. The summed E-state index contributed by atoms with van der Waals surface area (Å²) < 4.78 is 6.65. The summed E-state index contributed by atoms with van der Waals surface area (Å²) in [7, 11) is 0. The van der Waals surface area contributed by atoms with Crippen molar-refractivity contribution in [3.05, 3.63) is 70.1 Å². The van der Waals surface area contributed by atoms with Gasteiger partial charge in [0, 0.05) is 6.20 Å². The predicted octanol–water partition coefficient (Wildman–Crippen LogP) is 2.54. The van der Waals surface area contributed by atoms with Crippen LogP contribution in [0.15, 0.2) is 58.2 Å². The predicted molar refractivity (Wildman–Crippen MR) is 87.6 cm³/mol. The van der Waals surface area contributed by atoms with E-state index in [-0.39, 0.29) is 12.1 Å². The minimum absolute atomic E-state index is 0.143. The van der Waals surface area contributed by atoms with Gasteiger partial charge in [-0.1, -0.05) is 28.9 Å². The number of aromatic nitrogens is 5. The molecule has 3 heterocycles. The molecule has 7 nitrogen and oxygen atoms in total. The fraction of sp³-hybridized carbons (Fsp3) is 0.0625. The highest BCUT2D eigenvalue weighted by Gasteiger charge is 2.13. The third-order valence-corrected chi connectivity index (χ3v) is 3.81. The lowest BCUT2D eigenvalue weighted by Crippen LogP contribution is -2.21. The van der Waals surface area contributed by atoms with Gasteiger partial charge in [0.2, 0.25) is 0 Å².